The molecule has 0 atom stereocenters. The smallest absolute Gasteiger partial charge is 0.246 e. The standard InChI is InChI=1S/C21H23FN2O2/c1-24(17-6-3-2-4-7-17)21(25)12-10-16-9-11-20(19(22)14-16)26-18-8-5-13-23-15-18/h5,8-15,17H,2-4,6-7H2,1H3/b12-10+. The van der Waals surface area contributed by atoms with Gasteiger partial charge in [-0.25, -0.2) is 4.39 Å². The van der Waals surface area contributed by atoms with Crippen LogP contribution in [0.4, 0.5) is 4.39 Å². The van der Waals surface area contributed by atoms with Gasteiger partial charge in [0.05, 0.1) is 6.20 Å². The minimum Gasteiger partial charge on any atom is -0.453 e. The first kappa shape index (κ1) is 18.1. The molecule has 0 radical (unpaired) electrons. The maximum absolute atomic E-state index is 14.2. The normalized spacial score (nSPS) is 15.2. The molecule has 0 spiro atoms. The van der Waals surface area contributed by atoms with Crippen molar-refractivity contribution in [3.05, 3.63) is 60.2 Å². The van der Waals surface area contributed by atoms with E-state index in [9.17, 15) is 9.18 Å². The molecule has 1 aromatic heterocycles. The van der Waals surface area contributed by atoms with E-state index in [-0.39, 0.29) is 11.7 Å². The lowest BCUT2D eigenvalue weighted by Gasteiger charge is -2.30. The van der Waals surface area contributed by atoms with Gasteiger partial charge in [-0.05, 0) is 48.7 Å². The number of aromatic nitrogens is 1. The monoisotopic (exact) mass is 354 g/mol. The number of pyridine rings is 1. The largest absolute Gasteiger partial charge is 0.453 e. The molecule has 0 N–H and O–H groups in total. The zero-order valence-electron chi connectivity index (χ0n) is 14.9. The predicted octanol–water partition coefficient (Wildman–Crippen LogP) is 4.82. The van der Waals surface area contributed by atoms with Crippen LogP contribution in [0.3, 0.4) is 0 Å². The number of benzene rings is 1. The number of likely N-dealkylation sites (N-methyl/N-ethyl adjacent to an activating group) is 1. The third kappa shape index (κ3) is 4.69. The maximum atomic E-state index is 14.2. The van der Waals surface area contributed by atoms with Crippen molar-refractivity contribution in [1.82, 2.24) is 9.88 Å². The molecule has 3 rings (SSSR count). The summed E-state index contributed by atoms with van der Waals surface area (Å²) in [5.41, 5.74) is 0.617. The van der Waals surface area contributed by atoms with Crippen LogP contribution in [0.25, 0.3) is 6.08 Å². The van der Waals surface area contributed by atoms with Gasteiger partial charge in [-0.1, -0.05) is 25.3 Å². The van der Waals surface area contributed by atoms with Gasteiger partial charge in [-0.15, -0.1) is 0 Å². The number of rotatable bonds is 5. The van der Waals surface area contributed by atoms with Gasteiger partial charge in [0.25, 0.3) is 0 Å². The van der Waals surface area contributed by atoms with E-state index in [1.165, 1.54) is 37.6 Å². The number of nitrogens with zero attached hydrogens (tertiary/aromatic N) is 2. The molecule has 1 fully saturated rings. The number of hydrogen-bond acceptors (Lipinski definition) is 3. The number of ether oxygens (including phenoxy) is 1. The first-order valence-electron chi connectivity index (χ1n) is 8.96. The Hall–Kier alpha value is -2.69. The fourth-order valence-corrected chi connectivity index (χ4v) is 3.17. The van der Waals surface area contributed by atoms with E-state index in [0.29, 0.717) is 17.4 Å². The summed E-state index contributed by atoms with van der Waals surface area (Å²) in [7, 11) is 1.84. The molecule has 0 unspecified atom stereocenters. The summed E-state index contributed by atoms with van der Waals surface area (Å²) in [5.74, 6) is 0.0665. The van der Waals surface area contributed by atoms with E-state index in [0.717, 1.165) is 12.8 Å². The molecular weight excluding hydrogens is 331 g/mol. The van der Waals surface area contributed by atoms with Crippen molar-refractivity contribution in [2.45, 2.75) is 38.1 Å². The topological polar surface area (TPSA) is 42.4 Å². The summed E-state index contributed by atoms with van der Waals surface area (Å²) in [6, 6.07) is 8.37. The molecule has 1 aliphatic rings. The van der Waals surface area contributed by atoms with Gasteiger partial charge < -0.3 is 9.64 Å². The van der Waals surface area contributed by atoms with Crippen LogP contribution >= 0.6 is 0 Å². The maximum Gasteiger partial charge on any atom is 0.246 e. The van der Waals surface area contributed by atoms with Crippen LogP contribution in [-0.2, 0) is 4.79 Å². The lowest BCUT2D eigenvalue weighted by molar-refractivity contribution is -0.127. The summed E-state index contributed by atoms with van der Waals surface area (Å²) in [6.07, 6.45) is 12.0. The van der Waals surface area contributed by atoms with Gasteiger partial charge in [-0.2, -0.15) is 0 Å². The Bertz CT molecular complexity index is 771. The molecule has 1 heterocycles. The fraction of sp³-hybridized carbons (Fsp3) is 0.333. The molecule has 0 saturated heterocycles. The predicted molar refractivity (Wildman–Crippen MR) is 99.4 cm³/mol. The average Bonchev–Trinajstić information content (AvgIpc) is 2.69. The van der Waals surface area contributed by atoms with E-state index in [1.54, 1.807) is 41.4 Å². The highest BCUT2D eigenvalue weighted by atomic mass is 19.1. The van der Waals surface area contributed by atoms with Crippen molar-refractivity contribution in [3.8, 4) is 11.5 Å². The molecular formula is C21H23FN2O2. The zero-order valence-corrected chi connectivity index (χ0v) is 14.9. The van der Waals surface area contributed by atoms with Crippen LogP contribution in [0.5, 0.6) is 11.5 Å². The van der Waals surface area contributed by atoms with Crippen molar-refractivity contribution in [2.75, 3.05) is 7.05 Å². The number of carbonyl (C=O) groups is 1. The number of carbonyl (C=O) groups excluding carboxylic acids is 1. The lowest BCUT2D eigenvalue weighted by Crippen LogP contribution is -2.37. The van der Waals surface area contributed by atoms with Crippen LogP contribution in [-0.4, -0.2) is 28.9 Å². The second kappa shape index (κ2) is 8.61. The Morgan fingerprint density at radius 2 is 2.08 bits per heavy atom. The lowest BCUT2D eigenvalue weighted by atomic mass is 9.94. The van der Waals surface area contributed by atoms with Gasteiger partial charge >= 0.3 is 0 Å². The van der Waals surface area contributed by atoms with Crippen LogP contribution in [0.15, 0.2) is 48.8 Å². The third-order valence-electron chi connectivity index (χ3n) is 4.71. The van der Waals surface area contributed by atoms with Gasteiger partial charge in [-0.3, -0.25) is 9.78 Å². The number of halogens is 1. The Morgan fingerprint density at radius 3 is 2.77 bits per heavy atom. The zero-order chi connectivity index (χ0) is 18.4. The minimum atomic E-state index is -0.482. The van der Waals surface area contributed by atoms with Crippen molar-refractivity contribution >= 4 is 12.0 Å². The summed E-state index contributed by atoms with van der Waals surface area (Å²) < 4.78 is 19.7. The van der Waals surface area contributed by atoms with Crippen molar-refractivity contribution in [1.29, 1.82) is 0 Å². The molecule has 1 amide bonds. The fourth-order valence-electron chi connectivity index (χ4n) is 3.17. The van der Waals surface area contributed by atoms with Gasteiger partial charge in [0.1, 0.15) is 5.75 Å². The summed E-state index contributed by atoms with van der Waals surface area (Å²) in [5, 5.41) is 0. The van der Waals surface area contributed by atoms with Crippen molar-refractivity contribution in [3.63, 3.8) is 0 Å². The van der Waals surface area contributed by atoms with E-state index < -0.39 is 5.82 Å². The third-order valence-corrected chi connectivity index (χ3v) is 4.71. The van der Waals surface area contributed by atoms with Crippen LogP contribution in [0, 0.1) is 5.82 Å². The molecule has 2 aromatic rings. The van der Waals surface area contributed by atoms with E-state index in [2.05, 4.69) is 4.98 Å². The van der Waals surface area contributed by atoms with E-state index in [4.69, 9.17) is 4.74 Å². The summed E-state index contributed by atoms with van der Waals surface area (Å²) >= 11 is 0. The minimum absolute atomic E-state index is 0.0482. The summed E-state index contributed by atoms with van der Waals surface area (Å²) in [6.45, 7) is 0. The highest BCUT2D eigenvalue weighted by Gasteiger charge is 2.20. The first-order valence-corrected chi connectivity index (χ1v) is 8.96. The van der Waals surface area contributed by atoms with Crippen LogP contribution in [0.2, 0.25) is 0 Å². The number of hydrogen-bond donors (Lipinski definition) is 0. The van der Waals surface area contributed by atoms with E-state index in [1.807, 2.05) is 7.05 Å². The van der Waals surface area contributed by atoms with Gasteiger partial charge in [0.2, 0.25) is 5.91 Å². The molecule has 0 aliphatic heterocycles. The molecule has 136 valence electrons. The van der Waals surface area contributed by atoms with Crippen LogP contribution < -0.4 is 4.74 Å². The molecule has 1 aromatic carbocycles. The highest BCUT2D eigenvalue weighted by molar-refractivity contribution is 5.91. The SMILES string of the molecule is CN(C(=O)/C=C/c1ccc(Oc2cccnc2)c(F)c1)C1CCCCC1. The van der Waals surface area contributed by atoms with Gasteiger partial charge in [0.15, 0.2) is 11.6 Å². The van der Waals surface area contributed by atoms with E-state index >= 15 is 0 Å². The van der Waals surface area contributed by atoms with Crippen molar-refractivity contribution in [2.24, 2.45) is 0 Å². The first-order chi connectivity index (χ1) is 12.6. The Kier molecular flexibility index (Phi) is 6.00. The average molecular weight is 354 g/mol. The molecule has 1 saturated carbocycles. The summed E-state index contributed by atoms with van der Waals surface area (Å²) in [4.78, 5) is 18.1. The number of amides is 1. The highest BCUT2D eigenvalue weighted by Crippen LogP contribution is 2.25. The van der Waals surface area contributed by atoms with Crippen LogP contribution in [0.1, 0.15) is 37.7 Å². The Labute approximate surface area is 153 Å². The van der Waals surface area contributed by atoms with Gasteiger partial charge in [0, 0.05) is 25.4 Å². The molecule has 26 heavy (non-hydrogen) atoms. The van der Waals surface area contributed by atoms with Crippen molar-refractivity contribution < 1.29 is 13.9 Å². The quantitative estimate of drug-likeness (QED) is 0.723. The Balaban J connectivity index is 1.63. The Morgan fingerprint density at radius 1 is 1.27 bits per heavy atom. The second-order valence-electron chi connectivity index (χ2n) is 6.55. The molecule has 1 aliphatic carbocycles. The molecule has 4 nitrogen and oxygen atoms in total. The molecule has 0 bridgehead atoms. The molecule has 5 heteroatoms. The second-order valence-corrected chi connectivity index (χ2v) is 6.55.